The molecule has 0 saturated heterocycles. The van der Waals surface area contributed by atoms with Crippen molar-refractivity contribution in [3.05, 3.63) is 52.0 Å². The van der Waals surface area contributed by atoms with Gasteiger partial charge in [0.05, 0.1) is 14.9 Å². The molecule has 1 atom stereocenters. The third-order valence-electron chi connectivity index (χ3n) is 2.55. The zero-order valence-electron chi connectivity index (χ0n) is 9.48. The summed E-state index contributed by atoms with van der Waals surface area (Å²) in [4.78, 5) is 0.360. The number of benzene rings is 2. The molecular weight excluding hydrogens is 291 g/mol. The van der Waals surface area contributed by atoms with Crippen LogP contribution >= 0.6 is 23.2 Å². The molecule has 2 aromatic rings. The molecule has 5 heteroatoms. The fourth-order valence-electron chi connectivity index (χ4n) is 1.69. The van der Waals surface area contributed by atoms with Crippen LogP contribution in [-0.2, 0) is 11.1 Å². The van der Waals surface area contributed by atoms with E-state index in [1.807, 2.05) is 13.0 Å². The van der Waals surface area contributed by atoms with E-state index in [2.05, 4.69) is 0 Å². The van der Waals surface area contributed by atoms with Crippen molar-refractivity contribution in [3.8, 4) is 11.1 Å². The second-order valence-electron chi connectivity index (χ2n) is 3.88. The second-order valence-corrected chi connectivity index (χ2v) is 5.63. The van der Waals surface area contributed by atoms with Gasteiger partial charge in [-0.1, -0.05) is 47.0 Å². The van der Waals surface area contributed by atoms with Crippen LogP contribution in [0.5, 0.6) is 0 Å². The summed E-state index contributed by atoms with van der Waals surface area (Å²) in [7, 11) is 0. The predicted octanol–water partition coefficient (Wildman–Crippen LogP) is 4.55. The zero-order valence-corrected chi connectivity index (χ0v) is 11.8. The molecule has 0 aliphatic heterocycles. The maximum absolute atomic E-state index is 11.3. The van der Waals surface area contributed by atoms with Crippen LogP contribution in [0.3, 0.4) is 0 Å². The van der Waals surface area contributed by atoms with Gasteiger partial charge in [0.15, 0.2) is 11.1 Å². The Bertz CT molecular complexity index is 626. The molecule has 2 nitrogen and oxygen atoms in total. The van der Waals surface area contributed by atoms with Crippen molar-refractivity contribution in [2.45, 2.75) is 11.8 Å². The van der Waals surface area contributed by atoms with Gasteiger partial charge in [0.2, 0.25) is 0 Å². The molecule has 0 spiro atoms. The Kier molecular flexibility index (Phi) is 4.07. The summed E-state index contributed by atoms with van der Waals surface area (Å²) in [5, 5.41) is 0.880. The SMILES string of the molecule is Cc1ccc(S(=O)O)c(-c2ccc(Cl)c(Cl)c2)c1. The smallest absolute Gasteiger partial charge is 0.187 e. The van der Waals surface area contributed by atoms with Crippen molar-refractivity contribution in [2.24, 2.45) is 0 Å². The molecule has 2 aromatic carbocycles. The summed E-state index contributed by atoms with van der Waals surface area (Å²) >= 11 is 9.79. The van der Waals surface area contributed by atoms with Crippen LogP contribution in [-0.4, -0.2) is 8.76 Å². The van der Waals surface area contributed by atoms with Crippen LogP contribution in [0.2, 0.25) is 10.0 Å². The zero-order chi connectivity index (χ0) is 13.3. The standard InChI is InChI=1S/C13H10Cl2O2S/c1-8-2-5-13(18(16)17)10(6-8)9-3-4-11(14)12(15)7-9/h2-7H,1H3,(H,16,17). The maximum Gasteiger partial charge on any atom is 0.187 e. The lowest BCUT2D eigenvalue weighted by atomic mass is 10.0. The van der Waals surface area contributed by atoms with Crippen LogP contribution in [0.15, 0.2) is 41.3 Å². The lowest BCUT2D eigenvalue weighted by molar-refractivity contribution is 0.564. The lowest BCUT2D eigenvalue weighted by Gasteiger charge is -2.09. The minimum absolute atomic E-state index is 0.360. The summed E-state index contributed by atoms with van der Waals surface area (Å²) in [5.41, 5.74) is 2.46. The normalized spacial score (nSPS) is 12.4. The first kappa shape index (κ1) is 13.6. The molecule has 94 valence electrons. The van der Waals surface area contributed by atoms with Gasteiger partial charge in [-0.2, -0.15) is 0 Å². The predicted molar refractivity (Wildman–Crippen MR) is 75.7 cm³/mol. The quantitative estimate of drug-likeness (QED) is 0.826. The second kappa shape index (κ2) is 5.41. The van der Waals surface area contributed by atoms with Crippen molar-refractivity contribution in [1.29, 1.82) is 0 Å². The minimum atomic E-state index is -2.04. The van der Waals surface area contributed by atoms with Gasteiger partial charge in [-0.15, -0.1) is 0 Å². The topological polar surface area (TPSA) is 37.3 Å². The Hall–Kier alpha value is -0.870. The first-order chi connectivity index (χ1) is 8.49. The maximum atomic E-state index is 11.3. The van der Waals surface area contributed by atoms with Crippen molar-refractivity contribution in [1.82, 2.24) is 0 Å². The molecule has 2 rings (SSSR count). The van der Waals surface area contributed by atoms with Gasteiger partial charge in [-0.05, 0) is 30.7 Å². The molecule has 0 aliphatic rings. The fourth-order valence-corrected chi connectivity index (χ4v) is 2.53. The van der Waals surface area contributed by atoms with Crippen LogP contribution in [0.1, 0.15) is 5.56 Å². The number of hydrogen-bond acceptors (Lipinski definition) is 1. The largest absolute Gasteiger partial charge is 0.302 e. The number of hydrogen-bond donors (Lipinski definition) is 1. The van der Waals surface area contributed by atoms with Gasteiger partial charge in [0.25, 0.3) is 0 Å². The van der Waals surface area contributed by atoms with Crippen molar-refractivity contribution in [2.75, 3.05) is 0 Å². The highest BCUT2D eigenvalue weighted by atomic mass is 35.5. The molecule has 18 heavy (non-hydrogen) atoms. The van der Waals surface area contributed by atoms with E-state index in [1.165, 1.54) is 0 Å². The minimum Gasteiger partial charge on any atom is -0.302 e. The van der Waals surface area contributed by atoms with Crippen molar-refractivity contribution < 1.29 is 8.76 Å². The Labute approximate surface area is 118 Å². The summed E-state index contributed by atoms with van der Waals surface area (Å²) in [6.07, 6.45) is 0. The molecule has 0 heterocycles. The molecular formula is C13H10Cl2O2S. The van der Waals surface area contributed by atoms with E-state index >= 15 is 0 Å². The van der Waals surface area contributed by atoms with E-state index in [0.717, 1.165) is 11.1 Å². The Morgan fingerprint density at radius 3 is 2.39 bits per heavy atom. The molecule has 0 fully saturated rings. The van der Waals surface area contributed by atoms with E-state index < -0.39 is 11.1 Å². The van der Waals surface area contributed by atoms with E-state index in [-0.39, 0.29) is 0 Å². The van der Waals surface area contributed by atoms with Gasteiger partial charge < -0.3 is 4.55 Å². The third-order valence-corrected chi connectivity index (χ3v) is 4.03. The summed E-state index contributed by atoms with van der Waals surface area (Å²) in [5.74, 6) is 0. The van der Waals surface area contributed by atoms with Crippen LogP contribution < -0.4 is 0 Å². The monoisotopic (exact) mass is 300 g/mol. The van der Waals surface area contributed by atoms with Gasteiger partial charge in [-0.3, -0.25) is 0 Å². The number of aryl methyl sites for hydroxylation is 1. The molecule has 0 bridgehead atoms. The lowest BCUT2D eigenvalue weighted by Crippen LogP contribution is -1.93. The average molecular weight is 301 g/mol. The molecule has 1 unspecified atom stereocenters. The Balaban J connectivity index is 2.65. The number of rotatable bonds is 2. The Morgan fingerprint density at radius 1 is 1.06 bits per heavy atom. The highest BCUT2D eigenvalue weighted by Crippen LogP contribution is 2.32. The van der Waals surface area contributed by atoms with Gasteiger partial charge in [-0.25, -0.2) is 4.21 Å². The van der Waals surface area contributed by atoms with Gasteiger partial charge in [0, 0.05) is 5.56 Å². The van der Waals surface area contributed by atoms with Crippen LogP contribution in [0, 0.1) is 6.92 Å². The highest BCUT2D eigenvalue weighted by molar-refractivity contribution is 7.79. The molecule has 0 saturated carbocycles. The average Bonchev–Trinajstić information content (AvgIpc) is 2.32. The van der Waals surface area contributed by atoms with Crippen LogP contribution in [0.4, 0.5) is 0 Å². The van der Waals surface area contributed by atoms with E-state index in [1.54, 1.807) is 30.3 Å². The first-order valence-corrected chi connectivity index (χ1v) is 7.02. The van der Waals surface area contributed by atoms with E-state index in [9.17, 15) is 8.76 Å². The fraction of sp³-hybridized carbons (Fsp3) is 0.0769. The van der Waals surface area contributed by atoms with Gasteiger partial charge >= 0.3 is 0 Å². The summed E-state index contributed by atoms with van der Waals surface area (Å²) in [6.45, 7) is 1.92. The molecule has 0 aliphatic carbocycles. The summed E-state index contributed by atoms with van der Waals surface area (Å²) < 4.78 is 20.6. The molecule has 1 N–H and O–H groups in total. The third kappa shape index (κ3) is 2.75. The summed E-state index contributed by atoms with van der Waals surface area (Å²) in [6, 6.07) is 10.4. The van der Waals surface area contributed by atoms with E-state index in [4.69, 9.17) is 23.2 Å². The van der Waals surface area contributed by atoms with Crippen molar-refractivity contribution in [3.63, 3.8) is 0 Å². The number of halogens is 2. The highest BCUT2D eigenvalue weighted by Gasteiger charge is 2.11. The first-order valence-electron chi connectivity index (χ1n) is 5.16. The van der Waals surface area contributed by atoms with Crippen LogP contribution in [0.25, 0.3) is 11.1 Å². The van der Waals surface area contributed by atoms with Gasteiger partial charge in [0.1, 0.15) is 0 Å². The van der Waals surface area contributed by atoms with E-state index in [0.29, 0.717) is 20.5 Å². The Morgan fingerprint density at radius 2 is 1.78 bits per heavy atom. The molecule has 0 amide bonds. The van der Waals surface area contributed by atoms with Crippen molar-refractivity contribution >= 4 is 34.3 Å². The molecule has 0 radical (unpaired) electrons. The molecule has 0 aromatic heterocycles.